The smallest absolute Gasteiger partial charge is 0.0923 e. The van der Waals surface area contributed by atoms with Crippen molar-refractivity contribution >= 4 is 10.9 Å². The first-order chi connectivity index (χ1) is 9.13. The van der Waals surface area contributed by atoms with Crippen LogP contribution >= 0.6 is 0 Å². The molecule has 19 heavy (non-hydrogen) atoms. The van der Waals surface area contributed by atoms with E-state index in [2.05, 4.69) is 29.5 Å². The van der Waals surface area contributed by atoms with Crippen LogP contribution in [0.5, 0.6) is 0 Å². The molecule has 1 saturated carbocycles. The van der Waals surface area contributed by atoms with Gasteiger partial charge in [-0.05, 0) is 62.1 Å². The summed E-state index contributed by atoms with van der Waals surface area (Å²) in [5, 5.41) is 15.3. The van der Waals surface area contributed by atoms with Crippen molar-refractivity contribution in [1.82, 2.24) is 9.78 Å². The molecule has 1 atom stereocenters. The summed E-state index contributed by atoms with van der Waals surface area (Å²) in [7, 11) is 1.97. The van der Waals surface area contributed by atoms with Crippen LogP contribution in [0.1, 0.15) is 44.1 Å². The van der Waals surface area contributed by atoms with Gasteiger partial charge < -0.3 is 5.11 Å². The average molecular weight is 258 g/mol. The third-order valence-electron chi connectivity index (χ3n) is 4.57. The zero-order chi connectivity index (χ0) is 13.4. The molecule has 0 aliphatic heterocycles. The van der Waals surface area contributed by atoms with Crippen molar-refractivity contribution < 1.29 is 5.11 Å². The summed E-state index contributed by atoms with van der Waals surface area (Å²) < 4.78 is 1.87. The van der Waals surface area contributed by atoms with Crippen molar-refractivity contribution in [3.8, 4) is 0 Å². The van der Waals surface area contributed by atoms with Gasteiger partial charge >= 0.3 is 0 Å². The van der Waals surface area contributed by atoms with Gasteiger partial charge in [0.15, 0.2) is 0 Å². The lowest BCUT2D eigenvalue weighted by Gasteiger charge is -2.30. The number of fused-ring (bicyclic) bond motifs is 1. The number of rotatable bonds is 2. The second kappa shape index (κ2) is 4.97. The minimum atomic E-state index is -0.151. The number of benzene rings is 1. The van der Waals surface area contributed by atoms with Crippen LogP contribution in [0.4, 0.5) is 0 Å². The van der Waals surface area contributed by atoms with Gasteiger partial charge in [-0.1, -0.05) is 6.07 Å². The summed E-state index contributed by atoms with van der Waals surface area (Å²) in [5.41, 5.74) is 2.51. The van der Waals surface area contributed by atoms with Crippen LogP contribution in [-0.4, -0.2) is 21.0 Å². The van der Waals surface area contributed by atoms with E-state index in [1.165, 1.54) is 23.8 Å². The van der Waals surface area contributed by atoms with Gasteiger partial charge in [0.25, 0.3) is 0 Å². The number of hydrogen-bond acceptors (Lipinski definition) is 2. The highest BCUT2D eigenvalue weighted by Gasteiger charge is 2.25. The van der Waals surface area contributed by atoms with E-state index in [1.54, 1.807) is 0 Å². The highest BCUT2D eigenvalue weighted by Crippen LogP contribution is 2.37. The van der Waals surface area contributed by atoms with Gasteiger partial charge in [0, 0.05) is 18.6 Å². The third-order valence-corrected chi connectivity index (χ3v) is 4.57. The van der Waals surface area contributed by atoms with Crippen LogP contribution in [0, 0.1) is 5.92 Å². The van der Waals surface area contributed by atoms with E-state index < -0.39 is 0 Å². The Bertz CT molecular complexity index is 565. The van der Waals surface area contributed by atoms with E-state index in [0.717, 1.165) is 18.4 Å². The molecule has 3 rings (SSSR count). The molecule has 1 aromatic carbocycles. The minimum Gasteiger partial charge on any atom is -0.393 e. The summed E-state index contributed by atoms with van der Waals surface area (Å²) in [5.74, 6) is 1.15. The molecule has 1 heterocycles. The van der Waals surface area contributed by atoms with Gasteiger partial charge in [-0.25, -0.2) is 0 Å². The fourth-order valence-corrected chi connectivity index (χ4v) is 3.36. The van der Waals surface area contributed by atoms with Crippen LogP contribution in [0.2, 0.25) is 0 Å². The number of nitrogens with zero attached hydrogens (tertiary/aromatic N) is 2. The van der Waals surface area contributed by atoms with Gasteiger partial charge in [-0.15, -0.1) is 0 Å². The normalized spacial score (nSPS) is 25.6. The minimum absolute atomic E-state index is 0.151. The lowest BCUT2D eigenvalue weighted by atomic mass is 9.77. The van der Waals surface area contributed by atoms with E-state index >= 15 is 0 Å². The maximum atomic E-state index is 9.67. The first-order valence-corrected chi connectivity index (χ1v) is 7.25. The molecule has 0 amide bonds. The largest absolute Gasteiger partial charge is 0.393 e. The van der Waals surface area contributed by atoms with Gasteiger partial charge in [-0.3, -0.25) is 4.68 Å². The second-order valence-electron chi connectivity index (χ2n) is 5.97. The lowest BCUT2D eigenvalue weighted by molar-refractivity contribution is 0.0967. The fraction of sp³-hybridized carbons (Fsp3) is 0.562. The Kier molecular flexibility index (Phi) is 3.31. The topological polar surface area (TPSA) is 38.1 Å². The number of aliphatic hydroxyl groups is 1. The van der Waals surface area contributed by atoms with Gasteiger partial charge in [0.1, 0.15) is 0 Å². The van der Waals surface area contributed by atoms with Crippen molar-refractivity contribution in [3.63, 3.8) is 0 Å². The SMILES string of the molecule is CC(O)C1CCC(c2ccc3nn(C)cc3c2)CC1. The number of aryl methyl sites for hydroxylation is 1. The zero-order valence-corrected chi connectivity index (χ0v) is 11.7. The maximum Gasteiger partial charge on any atom is 0.0923 e. The Morgan fingerprint density at radius 2 is 2.00 bits per heavy atom. The van der Waals surface area contributed by atoms with Gasteiger partial charge in [0.05, 0.1) is 11.6 Å². The molecule has 3 nitrogen and oxygen atoms in total. The summed E-state index contributed by atoms with van der Waals surface area (Å²) in [6, 6.07) is 6.64. The Morgan fingerprint density at radius 3 is 2.68 bits per heavy atom. The van der Waals surface area contributed by atoms with E-state index in [0.29, 0.717) is 11.8 Å². The van der Waals surface area contributed by atoms with Gasteiger partial charge in [-0.2, -0.15) is 5.10 Å². The van der Waals surface area contributed by atoms with Crippen molar-refractivity contribution in [2.45, 2.75) is 44.6 Å². The average Bonchev–Trinajstić information content (AvgIpc) is 2.77. The molecule has 1 aromatic heterocycles. The maximum absolute atomic E-state index is 9.67. The van der Waals surface area contributed by atoms with E-state index in [4.69, 9.17) is 0 Å². The van der Waals surface area contributed by atoms with Gasteiger partial charge in [0.2, 0.25) is 0 Å². The lowest BCUT2D eigenvalue weighted by Crippen LogP contribution is -2.22. The standard InChI is InChI=1S/C16H22N2O/c1-11(19)12-3-5-13(6-4-12)14-7-8-16-15(9-14)10-18(2)17-16/h7-13,19H,3-6H2,1-2H3. The molecular weight excluding hydrogens is 236 g/mol. The first-order valence-electron chi connectivity index (χ1n) is 7.25. The molecule has 0 saturated heterocycles. The van der Waals surface area contributed by atoms with E-state index in [9.17, 15) is 5.11 Å². The molecule has 1 unspecified atom stereocenters. The quantitative estimate of drug-likeness (QED) is 0.898. The monoisotopic (exact) mass is 258 g/mol. The predicted octanol–water partition coefficient (Wildman–Crippen LogP) is 3.23. The fourth-order valence-electron chi connectivity index (χ4n) is 3.36. The predicted molar refractivity (Wildman–Crippen MR) is 77.1 cm³/mol. The van der Waals surface area contributed by atoms with Crippen molar-refractivity contribution in [2.75, 3.05) is 0 Å². The molecular formula is C16H22N2O. The van der Waals surface area contributed by atoms with Crippen LogP contribution in [-0.2, 0) is 7.05 Å². The van der Waals surface area contributed by atoms with Crippen LogP contribution < -0.4 is 0 Å². The van der Waals surface area contributed by atoms with Crippen LogP contribution in [0.25, 0.3) is 10.9 Å². The molecule has 1 aliphatic carbocycles. The second-order valence-corrected chi connectivity index (χ2v) is 5.97. The third kappa shape index (κ3) is 2.52. The molecule has 2 aromatic rings. The van der Waals surface area contributed by atoms with Crippen molar-refractivity contribution in [2.24, 2.45) is 13.0 Å². The Morgan fingerprint density at radius 1 is 1.26 bits per heavy atom. The van der Waals surface area contributed by atoms with Crippen molar-refractivity contribution in [1.29, 1.82) is 0 Å². The van der Waals surface area contributed by atoms with E-state index in [1.807, 2.05) is 18.7 Å². The first kappa shape index (κ1) is 12.7. The Balaban J connectivity index is 1.77. The molecule has 0 spiro atoms. The highest BCUT2D eigenvalue weighted by atomic mass is 16.3. The number of aliphatic hydroxyl groups excluding tert-OH is 1. The Hall–Kier alpha value is -1.35. The molecule has 0 radical (unpaired) electrons. The molecule has 102 valence electrons. The summed E-state index contributed by atoms with van der Waals surface area (Å²) >= 11 is 0. The van der Waals surface area contributed by atoms with Crippen molar-refractivity contribution in [3.05, 3.63) is 30.0 Å². The number of aromatic nitrogens is 2. The van der Waals surface area contributed by atoms with Crippen LogP contribution in [0.3, 0.4) is 0 Å². The highest BCUT2D eigenvalue weighted by molar-refractivity contribution is 5.78. The molecule has 0 bridgehead atoms. The molecule has 3 heteroatoms. The van der Waals surface area contributed by atoms with E-state index in [-0.39, 0.29) is 6.10 Å². The summed E-state index contributed by atoms with van der Waals surface area (Å²) in [6.07, 6.45) is 6.62. The summed E-state index contributed by atoms with van der Waals surface area (Å²) in [4.78, 5) is 0. The zero-order valence-electron chi connectivity index (χ0n) is 11.7. The molecule has 1 fully saturated rings. The Labute approximate surface area is 114 Å². The summed E-state index contributed by atoms with van der Waals surface area (Å²) in [6.45, 7) is 1.92. The molecule has 1 N–H and O–H groups in total. The molecule has 1 aliphatic rings. The number of hydrogen-bond donors (Lipinski definition) is 1. The van der Waals surface area contributed by atoms with Crippen LogP contribution in [0.15, 0.2) is 24.4 Å².